The summed E-state index contributed by atoms with van der Waals surface area (Å²) < 4.78 is 6.71. The number of aromatic amines is 1. The Morgan fingerprint density at radius 2 is 1.68 bits per heavy atom. The summed E-state index contributed by atoms with van der Waals surface area (Å²) in [5.74, 6) is 2.93. The zero-order valence-electron chi connectivity index (χ0n) is 20.7. The first-order valence-corrected chi connectivity index (χ1v) is 11.6. The molecule has 0 unspecified atom stereocenters. The maximum Gasteiger partial charge on any atom is 0.256 e. The lowest BCUT2D eigenvalue weighted by molar-refractivity contribution is 0.101. The third kappa shape index (κ3) is 5.49. The summed E-state index contributed by atoms with van der Waals surface area (Å²) in [6.07, 6.45) is 5.74. The standard InChI is InChI=1S/C28H25N5O4/c1-5-15-37-22-13-11-20(12-14-22)25(34)19-7-9-21(10-8-19)26(35)30-24-16-17(3)32-33(24)28-29-18(4)23(6-2)27(36)31-28/h1,7-14,16H,6,15H2,2-4H3,(H,30,35)(H,29,31,36). The third-order valence-electron chi connectivity index (χ3n) is 5.69. The maximum absolute atomic E-state index is 13.0. The minimum Gasteiger partial charge on any atom is -0.481 e. The van der Waals surface area contributed by atoms with Gasteiger partial charge in [-0.2, -0.15) is 9.78 Å². The van der Waals surface area contributed by atoms with Gasteiger partial charge in [-0.25, -0.2) is 4.98 Å². The summed E-state index contributed by atoms with van der Waals surface area (Å²) in [5.41, 5.74) is 2.84. The van der Waals surface area contributed by atoms with Crippen molar-refractivity contribution in [2.45, 2.75) is 27.2 Å². The fourth-order valence-electron chi connectivity index (χ4n) is 3.82. The highest BCUT2D eigenvalue weighted by Crippen LogP contribution is 2.18. The van der Waals surface area contributed by atoms with Gasteiger partial charge < -0.3 is 10.1 Å². The molecular formula is C28H25N5O4. The van der Waals surface area contributed by atoms with Gasteiger partial charge >= 0.3 is 0 Å². The Morgan fingerprint density at radius 1 is 1.05 bits per heavy atom. The van der Waals surface area contributed by atoms with E-state index in [0.717, 1.165) is 0 Å². The van der Waals surface area contributed by atoms with Crippen LogP contribution in [0.3, 0.4) is 0 Å². The number of benzene rings is 2. The molecule has 4 aromatic rings. The maximum atomic E-state index is 13.0. The van der Waals surface area contributed by atoms with E-state index in [1.54, 1.807) is 68.4 Å². The van der Waals surface area contributed by atoms with Gasteiger partial charge in [0.05, 0.1) is 5.69 Å². The number of hydrogen-bond acceptors (Lipinski definition) is 6. The van der Waals surface area contributed by atoms with Crippen LogP contribution in [-0.2, 0) is 6.42 Å². The van der Waals surface area contributed by atoms with E-state index in [4.69, 9.17) is 11.2 Å². The van der Waals surface area contributed by atoms with Crippen LogP contribution in [0, 0.1) is 26.2 Å². The predicted molar refractivity (Wildman–Crippen MR) is 139 cm³/mol. The lowest BCUT2D eigenvalue weighted by Crippen LogP contribution is -2.22. The largest absolute Gasteiger partial charge is 0.481 e. The number of aryl methyl sites for hydroxylation is 2. The Balaban J connectivity index is 1.51. The predicted octanol–water partition coefficient (Wildman–Crippen LogP) is 3.63. The molecule has 0 saturated carbocycles. The molecule has 0 aliphatic carbocycles. The van der Waals surface area contributed by atoms with E-state index >= 15 is 0 Å². The topological polar surface area (TPSA) is 119 Å². The average Bonchev–Trinajstić information content (AvgIpc) is 3.27. The van der Waals surface area contributed by atoms with Gasteiger partial charge in [-0.15, -0.1) is 6.42 Å². The summed E-state index contributed by atoms with van der Waals surface area (Å²) in [6.45, 7) is 5.56. The van der Waals surface area contributed by atoms with Crippen LogP contribution in [0.1, 0.15) is 50.2 Å². The van der Waals surface area contributed by atoms with E-state index in [9.17, 15) is 14.4 Å². The van der Waals surface area contributed by atoms with Crippen molar-refractivity contribution in [1.82, 2.24) is 19.7 Å². The molecule has 0 aliphatic rings. The molecular weight excluding hydrogens is 470 g/mol. The zero-order chi connectivity index (χ0) is 26.5. The summed E-state index contributed by atoms with van der Waals surface area (Å²) >= 11 is 0. The van der Waals surface area contributed by atoms with Crippen LogP contribution < -0.4 is 15.6 Å². The van der Waals surface area contributed by atoms with Gasteiger partial charge in [-0.05, 0) is 56.7 Å². The minimum atomic E-state index is -0.403. The summed E-state index contributed by atoms with van der Waals surface area (Å²) in [5, 5.41) is 7.17. The Hall–Kier alpha value is -4.97. The van der Waals surface area contributed by atoms with Crippen molar-refractivity contribution in [3.63, 3.8) is 0 Å². The molecule has 0 aliphatic heterocycles. The molecule has 186 valence electrons. The van der Waals surface area contributed by atoms with E-state index in [2.05, 4.69) is 26.3 Å². The molecule has 2 heterocycles. The number of nitrogens with one attached hydrogen (secondary N) is 2. The number of amides is 1. The molecule has 2 aromatic carbocycles. The van der Waals surface area contributed by atoms with Gasteiger partial charge in [0.15, 0.2) is 5.78 Å². The lowest BCUT2D eigenvalue weighted by Gasteiger charge is -2.10. The fourth-order valence-corrected chi connectivity index (χ4v) is 3.82. The van der Waals surface area contributed by atoms with Crippen LogP contribution in [0.15, 0.2) is 59.4 Å². The van der Waals surface area contributed by atoms with Gasteiger partial charge in [0.25, 0.3) is 11.5 Å². The normalized spacial score (nSPS) is 10.5. The monoisotopic (exact) mass is 495 g/mol. The van der Waals surface area contributed by atoms with Gasteiger partial charge in [-0.3, -0.25) is 19.4 Å². The number of terminal acetylenes is 1. The van der Waals surface area contributed by atoms with Gasteiger partial charge in [0.1, 0.15) is 18.2 Å². The van der Waals surface area contributed by atoms with Crippen molar-refractivity contribution in [3.8, 4) is 24.0 Å². The van der Waals surface area contributed by atoms with Crippen molar-refractivity contribution in [2.24, 2.45) is 0 Å². The van der Waals surface area contributed by atoms with Crippen LogP contribution in [0.4, 0.5) is 5.82 Å². The third-order valence-corrected chi connectivity index (χ3v) is 5.69. The van der Waals surface area contributed by atoms with Crippen molar-refractivity contribution < 1.29 is 14.3 Å². The zero-order valence-corrected chi connectivity index (χ0v) is 20.7. The second kappa shape index (κ2) is 10.7. The second-order valence-corrected chi connectivity index (χ2v) is 8.27. The number of hydrogen-bond donors (Lipinski definition) is 2. The summed E-state index contributed by atoms with van der Waals surface area (Å²) in [6, 6.07) is 14.7. The van der Waals surface area contributed by atoms with Gasteiger partial charge in [0.2, 0.25) is 5.95 Å². The van der Waals surface area contributed by atoms with E-state index in [-0.39, 0.29) is 23.9 Å². The van der Waals surface area contributed by atoms with Gasteiger partial charge in [-0.1, -0.05) is 25.0 Å². The van der Waals surface area contributed by atoms with Crippen LogP contribution >= 0.6 is 0 Å². The highest BCUT2D eigenvalue weighted by atomic mass is 16.5. The number of ketones is 1. The van der Waals surface area contributed by atoms with E-state index in [0.29, 0.717) is 51.6 Å². The van der Waals surface area contributed by atoms with E-state index in [1.807, 2.05) is 6.92 Å². The Kier molecular flexibility index (Phi) is 7.30. The van der Waals surface area contributed by atoms with E-state index in [1.165, 1.54) is 4.68 Å². The Labute approximate surface area is 213 Å². The summed E-state index contributed by atoms with van der Waals surface area (Å²) in [7, 11) is 0. The minimum absolute atomic E-state index is 0.149. The first-order valence-electron chi connectivity index (χ1n) is 11.6. The molecule has 0 radical (unpaired) electrons. The highest BCUT2D eigenvalue weighted by Gasteiger charge is 2.17. The number of anilines is 1. The number of aromatic nitrogens is 4. The Morgan fingerprint density at radius 3 is 2.27 bits per heavy atom. The smallest absolute Gasteiger partial charge is 0.256 e. The number of nitrogens with zero attached hydrogens (tertiary/aromatic N) is 3. The van der Waals surface area contributed by atoms with Crippen molar-refractivity contribution in [1.29, 1.82) is 0 Å². The molecule has 4 rings (SSSR count). The van der Waals surface area contributed by atoms with Crippen LogP contribution in [0.25, 0.3) is 5.95 Å². The van der Waals surface area contributed by atoms with Crippen molar-refractivity contribution in [3.05, 3.63) is 98.6 Å². The quantitative estimate of drug-likeness (QED) is 0.285. The molecule has 0 spiro atoms. The van der Waals surface area contributed by atoms with Crippen LogP contribution in [0.2, 0.25) is 0 Å². The first kappa shape index (κ1) is 25.1. The summed E-state index contributed by atoms with van der Waals surface area (Å²) in [4.78, 5) is 45.4. The number of carbonyl (C=O) groups is 2. The highest BCUT2D eigenvalue weighted by molar-refractivity contribution is 6.10. The van der Waals surface area contributed by atoms with Crippen molar-refractivity contribution in [2.75, 3.05) is 11.9 Å². The first-order chi connectivity index (χ1) is 17.8. The number of carbonyl (C=O) groups excluding carboxylic acids is 2. The molecule has 0 atom stereocenters. The second-order valence-electron chi connectivity index (χ2n) is 8.27. The molecule has 1 amide bonds. The molecule has 2 N–H and O–H groups in total. The fraction of sp³-hybridized carbons (Fsp3) is 0.179. The molecule has 0 fully saturated rings. The van der Waals surface area contributed by atoms with Crippen molar-refractivity contribution >= 4 is 17.5 Å². The van der Waals surface area contributed by atoms with Crippen LogP contribution in [0.5, 0.6) is 5.75 Å². The van der Waals surface area contributed by atoms with Crippen LogP contribution in [-0.4, -0.2) is 38.0 Å². The molecule has 9 nitrogen and oxygen atoms in total. The number of rotatable bonds is 8. The Bertz CT molecular complexity index is 1560. The number of ether oxygens (including phenoxy) is 1. The molecule has 9 heteroatoms. The van der Waals surface area contributed by atoms with E-state index < -0.39 is 5.91 Å². The SMILES string of the molecule is C#CCOc1ccc(C(=O)c2ccc(C(=O)Nc3cc(C)nn3-c3nc(C)c(CC)c(=O)[nH]3)cc2)cc1. The molecule has 0 saturated heterocycles. The molecule has 2 aromatic heterocycles. The van der Waals surface area contributed by atoms with Gasteiger partial charge in [0, 0.05) is 34.0 Å². The molecule has 0 bridgehead atoms. The molecule has 37 heavy (non-hydrogen) atoms. The number of H-pyrrole nitrogens is 1. The average molecular weight is 496 g/mol. The lowest BCUT2D eigenvalue weighted by atomic mass is 10.0.